The van der Waals surface area contributed by atoms with E-state index in [0.717, 1.165) is 50.1 Å². The number of ether oxygens (including phenoxy) is 1. The quantitative estimate of drug-likeness (QED) is 0.797. The van der Waals surface area contributed by atoms with Crippen LogP contribution in [0.15, 0.2) is 24.3 Å². The average Bonchev–Trinajstić information content (AvgIpc) is 3.51. The van der Waals surface area contributed by atoms with E-state index in [1.165, 1.54) is 0 Å². The van der Waals surface area contributed by atoms with Gasteiger partial charge in [-0.25, -0.2) is 0 Å². The molecule has 2 amide bonds. The van der Waals surface area contributed by atoms with Crippen LogP contribution < -0.4 is 4.74 Å². The van der Waals surface area contributed by atoms with Crippen LogP contribution in [0.3, 0.4) is 0 Å². The maximum absolute atomic E-state index is 12.9. The molecular weight excluding hydrogens is 316 g/mol. The van der Waals surface area contributed by atoms with Gasteiger partial charge in [0, 0.05) is 38.0 Å². The molecule has 1 saturated carbocycles. The van der Waals surface area contributed by atoms with E-state index in [4.69, 9.17) is 4.74 Å². The lowest BCUT2D eigenvalue weighted by atomic mass is 9.94. The van der Waals surface area contributed by atoms with Crippen molar-refractivity contribution in [2.75, 3.05) is 26.7 Å². The summed E-state index contributed by atoms with van der Waals surface area (Å²) in [5.41, 5.74) is 1.11. The van der Waals surface area contributed by atoms with Crippen molar-refractivity contribution in [2.24, 2.45) is 11.8 Å². The minimum atomic E-state index is 0.0430. The summed E-state index contributed by atoms with van der Waals surface area (Å²) in [6.07, 6.45) is 3.67. The predicted octanol–water partition coefficient (Wildman–Crippen LogP) is 2.69. The second kappa shape index (κ2) is 7.89. The predicted molar refractivity (Wildman–Crippen MR) is 96.1 cm³/mol. The molecule has 0 N–H and O–H groups in total. The SMILES string of the molecule is CCN(Cc1ccc(OC)cc1)C(=O)C1CCN(C(=O)C2CC2)CC1. The molecule has 0 atom stereocenters. The first kappa shape index (κ1) is 17.8. The van der Waals surface area contributed by atoms with E-state index in [1.807, 2.05) is 41.0 Å². The van der Waals surface area contributed by atoms with Gasteiger partial charge in [0.25, 0.3) is 0 Å². The second-order valence-corrected chi connectivity index (χ2v) is 7.07. The zero-order chi connectivity index (χ0) is 17.8. The van der Waals surface area contributed by atoms with Crippen molar-refractivity contribution in [2.45, 2.75) is 39.2 Å². The normalized spacial score (nSPS) is 18.1. The Morgan fingerprint density at radius 1 is 1.08 bits per heavy atom. The van der Waals surface area contributed by atoms with Crippen LogP contribution in [0.25, 0.3) is 0 Å². The van der Waals surface area contributed by atoms with Gasteiger partial charge in [0.05, 0.1) is 7.11 Å². The smallest absolute Gasteiger partial charge is 0.226 e. The van der Waals surface area contributed by atoms with Gasteiger partial charge in [-0.05, 0) is 50.3 Å². The van der Waals surface area contributed by atoms with Crippen LogP contribution in [0.1, 0.15) is 38.2 Å². The third kappa shape index (κ3) is 4.33. The van der Waals surface area contributed by atoms with Crippen LogP contribution in [0.2, 0.25) is 0 Å². The van der Waals surface area contributed by atoms with Crippen LogP contribution in [0.5, 0.6) is 5.75 Å². The number of amides is 2. The van der Waals surface area contributed by atoms with Gasteiger partial charge in [0.1, 0.15) is 5.75 Å². The molecule has 25 heavy (non-hydrogen) atoms. The van der Waals surface area contributed by atoms with Crippen molar-refractivity contribution in [1.29, 1.82) is 0 Å². The molecule has 0 bridgehead atoms. The van der Waals surface area contributed by atoms with E-state index >= 15 is 0 Å². The molecule has 1 heterocycles. The Balaban J connectivity index is 1.53. The molecule has 0 radical (unpaired) electrons. The molecule has 3 rings (SSSR count). The standard InChI is InChI=1S/C20H28N2O3/c1-3-21(14-15-4-8-18(25-2)9-5-15)19(23)17-10-12-22(13-11-17)20(24)16-6-7-16/h4-5,8-9,16-17H,3,6-7,10-14H2,1-2H3. The van der Waals surface area contributed by atoms with Gasteiger partial charge < -0.3 is 14.5 Å². The van der Waals surface area contributed by atoms with Gasteiger partial charge in [-0.3, -0.25) is 9.59 Å². The van der Waals surface area contributed by atoms with E-state index in [-0.39, 0.29) is 17.7 Å². The first-order valence-corrected chi connectivity index (χ1v) is 9.33. The third-order valence-electron chi connectivity index (χ3n) is 5.31. The number of carbonyl (C=O) groups excluding carboxylic acids is 2. The number of benzene rings is 1. The Hall–Kier alpha value is -2.04. The summed E-state index contributed by atoms with van der Waals surface area (Å²) >= 11 is 0. The van der Waals surface area contributed by atoms with Gasteiger partial charge in [-0.2, -0.15) is 0 Å². The number of likely N-dealkylation sites (tertiary alicyclic amines) is 1. The van der Waals surface area contributed by atoms with Crippen LogP contribution in [0, 0.1) is 11.8 Å². The summed E-state index contributed by atoms with van der Waals surface area (Å²) < 4.78 is 5.18. The monoisotopic (exact) mass is 344 g/mol. The number of hydrogen-bond acceptors (Lipinski definition) is 3. The summed E-state index contributed by atoms with van der Waals surface area (Å²) in [6.45, 7) is 4.80. The fourth-order valence-electron chi connectivity index (χ4n) is 3.49. The number of rotatable bonds is 6. The summed E-state index contributed by atoms with van der Waals surface area (Å²) in [7, 11) is 1.65. The van der Waals surface area contributed by atoms with E-state index in [9.17, 15) is 9.59 Å². The topological polar surface area (TPSA) is 49.9 Å². The minimum absolute atomic E-state index is 0.0430. The molecule has 0 unspecified atom stereocenters. The van der Waals surface area contributed by atoms with E-state index < -0.39 is 0 Å². The van der Waals surface area contributed by atoms with E-state index in [1.54, 1.807) is 7.11 Å². The highest BCUT2D eigenvalue weighted by molar-refractivity contribution is 5.82. The average molecular weight is 344 g/mol. The molecule has 1 aliphatic carbocycles. The fraction of sp³-hybridized carbons (Fsp3) is 0.600. The van der Waals surface area contributed by atoms with Crippen LogP contribution in [-0.4, -0.2) is 48.4 Å². The summed E-state index contributed by atoms with van der Waals surface area (Å²) in [4.78, 5) is 28.9. The highest BCUT2D eigenvalue weighted by Gasteiger charge is 2.36. The molecule has 0 spiro atoms. The fourth-order valence-corrected chi connectivity index (χ4v) is 3.49. The zero-order valence-electron chi connectivity index (χ0n) is 15.2. The van der Waals surface area contributed by atoms with Crippen LogP contribution >= 0.6 is 0 Å². The van der Waals surface area contributed by atoms with Crippen molar-refractivity contribution in [1.82, 2.24) is 9.80 Å². The number of hydrogen-bond donors (Lipinski definition) is 0. The molecule has 5 nitrogen and oxygen atoms in total. The maximum atomic E-state index is 12.9. The number of methoxy groups -OCH3 is 1. The largest absolute Gasteiger partial charge is 0.497 e. The van der Waals surface area contributed by atoms with Crippen molar-refractivity contribution < 1.29 is 14.3 Å². The molecule has 136 valence electrons. The van der Waals surface area contributed by atoms with Gasteiger partial charge >= 0.3 is 0 Å². The lowest BCUT2D eigenvalue weighted by Gasteiger charge is -2.34. The Morgan fingerprint density at radius 2 is 1.72 bits per heavy atom. The van der Waals surface area contributed by atoms with Crippen molar-refractivity contribution in [3.63, 3.8) is 0 Å². The van der Waals surface area contributed by atoms with Crippen LogP contribution in [-0.2, 0) is 16.1 Å². The summed E-state index contributed by atoms with van der Waals surface area (Å²) in [5, 5.41) is 0. The second-order valence-electron chi connectivity index (χ2n) is 7.07. The first-order chi connectivity index (χ1) is 12.1. The molecule has 2 aliphatic rings. The van der Waals surface area contributed by atoms with Crippen molar-refractivity contribution in [3.05, 3.63) is 29.8 Å². The summed E-state index contributed by atoms with van der Waals surface area (Å²) in [6, 6.07) is 7.86. The van der Waals surface area contributed by atoms with Gasteiger partial charge in [-0.15, -0.1) is 0 Å². The Morgan fingerprint density at radius 3 is 2.24 bits per heavy atom. The number of nitrogens with zero attached hydrogens (tertiary/aromatic N) is 2. The molecule has 5 heteroatoms. The lowest BCUT2D eigenvalue weighted by molar-refractivity contribution is -0.141. The van der Waals surface area contributed by atoms with E-state index in [2.05, 4.69) is 0 Å². The minimum Gasteiger partial charge on any atom is -0.497 e. The first-order valence-electron chi connectivity index (χ1n) is 9.33. The highest BCUT2D eigenvalue weighted by Crippen LogP contribution is 2.32. The zero-order valence-corrected chi connectivity index (χ0v) is 15.2. The lowest BCUT2D eigenvalue weighted by Crippen LogP contribution is -2.44. The number of piperidine rings is 1. The molecule has 1 aromatic rings. The third-order valence-corrected chi connectivity index (χ3v) is 5.31. The molecule has 1 aromatic carbocycles. The molecule has 2 fully saturated rings. The summed E-state index contributed by atoms with van der Waals surface area (Å²) in [5.74, 6) is 1.66. The highest BCUT2D eigenvalue weighted by atomic mass is 16.5. The maximum Gasteiger partial charge on any atom is 0.226 e. The molecule has 1 aliphatic heterocycles. The molecule has 0 aromatic heterocycles. The van der Waals surface area contributed by atoms with Crippen molar-refractivity contribution in [3.8, 4) is 5.75 Å². The van der Waals surface area contributed by atoms with E-state index in [0.29, 0.717) is 19.0 Å². The Labute approximate surface area is 149 Å². The van der Waals surface area contributed by atoms with Gasteiger partial charge in [-0.1, -0.05) is 12.1 Å². The van der Waals surface area contributed by atoms with Gasteiger partial charge in [0.15, 0.2) is 0 Å². The Kier molecular flexibility index (Phi) is 5.61. The van der Waals surface area contributed by atoms with Crippen molar-refractivity contribution >= 4 is 11.8 Å². The van der Waals surface area contributed by atoms with Crippen LogP contribution in [0.4, 0.5) is 0 Å². The Bertz CT molecular complexity index is 602. The molecule has 1 saturated heterocycles. The number of carbonyl (C=O) groups is 2. The molecular formula is C20H28N2O3. The van der Waals surface area contributed by atoms with Gasteiger partial charge in [0.2, 0.25) is 11.8 Å².